The molecule has 0 saturated heterocycles. The van der Waals surface area contributed by atoms with E-state index in [0.29, 0.717) is 25.7 Å². The van der Waals surface area contributed by atoms with Crippen LogP contribution in [-0.2, 0) is 14.8 Å². The molecule has 2 N–H and O–H groups in total. The van der Waals surface area contributed by atoms with Gasteiger partial charge in [-0.25, -0.2) is 13.6 Å². The van der Waals surface area contributed by atoms with Crippen LogP contribution in [0.1, 0.15) is 25.8 Å². The van der Waals surface area contributed by atoms with Crippen molar-refractivity contribution in [2.75, 3.05) is 19.8 Å². The van der Waals surface area contributed by atoms with E-state index in [2.05, 4.69) is 13.8 Å². The molecule has 1 aromatic rings. The van der Waals surface area contributed by atoms with Crippen LogP contribution in [0, 0.1) is 12.8 Å². The smallest absolute Gasteiger partial charge is 0.241 e. The maximum atomic E-state index is 11.5. The summed E-state index contributed by atoms with van der Waals surface area (Å²) in [6, 6.07) is 4.90. The molecule has 0 aromatic heterocycles. The summed E-state index contributed by atoms with van der Waals surface area (Å²) in [4.78, 5) is 0.0136. The second-order valence-electron chi connectivity index (χ2n) is 5.14. The molecule has 0 aliphatic heterocycles. The van der Waals surface area contributed by atoms with Crippen molar-refractivity contribution in [2.45, 2.75) is 32.1 Å². The molecule has 0 heterocycles. The summed E-state index contributed by atoms with van der Waals surface area (Å²) in [5.74, 6) is 0.868. The van der Waals surface area contributed by atoms with Crippen LogP contribution in [0.3, 0.4) is 0 Å². The third-order valence-electron chi connectivity index (χ3n) is 2.73. The van der Waals surface area contributed by atoms with Crippen molar-refractivity contribution in [1.82, 2.24) is 0 Å². The lowest BCUT2D eigenvalue weighted by atomic mass is 10.1. The molecule has 0 unspecified atom stereocenters. The summed E-state index contributed by atoms with van der Waals surface area (Å²) in [7, 11) is -3.78. The van der Waals surface area contributed by atoms with Gasteiger partial charge < -0.3 is 9.47 Å². The SMILES string of the molecule is Cc1ccc(OCCOCCC(C)C)c(S(N)(=O)=O)c1. The molecule has 114 valence electrons. The van der Waals surface area contributed by atoms with Crippen LogP contribution in [0.25, 0.3) is 0 Å². The standard InChI is InChI=1S/C14H23NO4S/c1-11(2)6-7-18-8-9-19-13-5-4-12(3)10-14(13)20(15,16)17/h4-5,10-11H,6-9H2,1-3H3,(H2,15,16,17). The number of hydrogen-bond donors (Lipinski definition) is 1. The quantitative estimate of drug-likeness (QED) is 0.746. The molecule has 0 aliphatic rings. The lowest BCUT2D eigenvalue weighted by molar-refractivity contribution is 0.0916. The highest BCUT2D eigenvalue weighted by Crippen LogP contribution is 2.23. The van der Waals surface area contributed by atoms with Crippen molar-refractivity contribution in [3.63, 3.8) is 0 Å². The minimum absolute atomic E-state index is 0.0136. The topological polar surface area (TPSA) is 78.6 Å². The summed E-state index contributed by atoms with van der Waals surface area (Å²) in [6.45, 7) is 7.45. The van der Waals surface area contributed by atoms with Crippen LogP contribution in [0.4, 0.5) is 0 Å². The minimum Gasteiger partial charge on any atom is -0.490 e. The molecule has 0 amide bonds. The number of hydrogen-bond acceptors (Lipinski definition) is 4. The number of nitrogens with two attached hydrogens (primary N) is 1. The molecular weight excluding hydrogens is 278 g/mol. The third kappa shape index (κ3) is 5.90. The monoisotopic (exact) mass is 301 g/mol. The first-order valence-electron chi connectivity index (χ1n) is 6.64. The Morgan fingerprint density at radius 2 is 1.90 bits per heavy atom. The van der Waals surface area contributed by atoms with Crippen molar-refractivity contribution in [1.29, 1.82) is 0 Å². The van der Waals surface area contributed by atoms with Crippen molar-refractivity contribution in [3.8, 4) is 5.75 Å². The summed E-state index contributed by atoms with van der Waals surface area (Å²) in [5, 5.41) is 5.17. The fraction of sp³-hybridized carbons (Fsp3) is 0.571. The highest BCUT2D eigenvalue weighted by atomic mass is 32.2. The Labute approximate surface area is 121 Å². The Bertz CT molecular complexity index is 526. The molecule has 0 radical (unpaired) electrons. The van der Waals surface area contributed by atoms with E-state index in [0.717, 1.165) is 12.0 Å². The average Bonchev–Trinajstić information content (AvgIpc) is 2.33. The molecule has 20 heavy (non-hydrogen) atoms. The number of benzene rings is 1. The van der Waals surface area contributed by atoms with Gasteiger partial charge in [-0.05, 0) is 37.0 Å². The number of aryl methyl sites for hydroxylation is 1. The van der Waals surface area contributed by atoms with Gasteiger partial charge in [0.05, 0.1) is 6.61 Å². The molecule has 0 aliphatic carbocycles. The van der Waals surface area contributed by atoms with Gasteiger partial charge >= 0.3 is 0 Å². The molecular formula is C14H23NO4S. The molecule has 5 nitrogen and oxygen atoms in total. The first-order chi connectivity index (χ1) is 9.30. The fourth-order valence-electron chi connectivity index (χ4n) is 1.59. The lowest BCUT2D eigenvalue weighted by Gasteiger charge is -2.11. The zero-order chi connectivity index (χ0) is 15.2. The molecule has 0 saturated carbocycles. The van der Waals surface area contributed by atoms with Gasteiger partial charge in [-0.1, -0.05) is 19.9 Å². The number of rotatable bonds is 8. The maximum Gasteiger partial charge on any atom is 0.241 e. The predicted molar refractivity (Wildman–Crippen MR) is 78.3 cm³/mol. The molecule has 6 heteroatoms. The molecule has 0 bridgehead atoms. The van der Waals surface area contributed by atoms with E-state index in [1.165, 1.54) is 6.07 Å². The number of ether oxygens (including phenoxy) is 2. The predicted octanol–water partition coefficient (Wildman–Crippen LogP) is 2.08. The van der Waals surface area contributed by atoms with E-state index in [9.17, 15) is 8.42 Å². The third-order valence-corrected chi connectivity index (χ3v) is 3.66. The minimum atomic E-state index is -3.78. The van der Waals surface area contributed by atoms with Crippen LogP contribution in [0.15, 0.2) is 23.1 Å². The van der Waals surface area contributed by atoms with E-state index >= 15 is 0 Å². The Kier molecular flexibility index (Phi) is 6.45. The van der Waals surface area contributed by atoms with Crippen LogP contribution < -0.4 is 9.88 Å². The van der Waals surface area contributed by atoms with Crippen LogP contribution in [0.5, 0.6) is 5.75 Å². The first kappa shape index (κ1) is 16.9. The summed E-state index contributed by atoms with van der Waals surface area (Å²) < 4.78 is 33.8. The average molecular weight is 301 g/mol. The van der Waals surface area contributed by atoms with Crippen molar-refractivity contribution < 1.29 is 17.9 Å². The van der Waals surface area contributed by atoms with Crippen molar-refractivity contribution in [2.24, 2.45) is 11.1 Å². The Balaban J connectivity index is 2.52. The van der Waals surface area contributed by atoms with Crippen LogP contribution >= 0.6 is 0 Å². The fourth-order valence-corrected chi connectivity index (χ4v) is 2.35. The summed E-state index contributed by atoms with van der Waals surface area (Å²) in [5.41, 5.74) is 0.814. The van der Waals surface area contributed by atoms with Gasteiger partial charge in [-0.3, -0.25) is 0 Å². The Hall–Kier alpha value is -1.11. The van der Waals surface area contributed by atoms with E-state index in [-0.39, 0.29) is 10.6 Å². The van der Waals surface area contributed by atoms with Crippen molar-refractivity contribution in [3.05, 3.63) is 23.8 Å². The van der Waals surface area contributed by atoms with Crippen molar-refractivity contribution >= 4 is 10.0 Å². The van der Waals surface area contributed by atoms with Gasteiger partial charge in [0, 0.05) is 6.61 Å². The van der Waals surface area contributed by atoms with Gasteiger partial charge in [0.25, 0.3) is 0 Å². The van der Waals surface area contributed by atoms with Crippen LogP contribution in [0.2, 0.25) is 0 Å². The Morgan fingerprint density at radius 1 is 1.20 bits per heavy atom. The van der Waals surface area contributed by atoms with E-state index in [1.807, 2.05) is 0 Å². The second kappa shape index (κ2) is 7.61. The van der Waals surface area contributed by atoms with Crippen LogP contribution in [-0.4, -0.2) is 28.2 Å². The second-order valence-corrected chi connectivity index (χ2v) is 6.67. The van der Waals surface area contributed by atoms with Gasteiger partial charge in [0.2, 0.25) is 10.0 Å². The van der Waals surface area contributed by atoms with Gasteiger partial charge in [-0.15, -0.1) is 0 Å². The van der Waals surface area contributed by atoms with E-state index < -0.39 is 10.0 Å². The van der Waals surface area contributed by atoms with Gasteiger partial charge in [0.1, 0.15) is 17.3 Å². The highest BCUT2D eigenvalue weighted by Gasteiger charge is 2.15. The zero-order valence-corrected chi connectivity index (χ0v) is 13.1. The molecule has 0 spiro atoms. The maximum absolute atomic E-state index is 11.5. The summed E-state index contributed by atoms with van der Waals surface area (Å²) in [6.07, 6.45) is 0.993. The zero-order valence-electron chi connectivity index (χ0n) is 12.3. The normalized spacial score (nSPS) is 11.8. The molecule has 0 fully saturated rings. The molecule has 0 atom stereocenters. The first-order valence-corrected chi connectivity index (χ1v) is 8.19. The lowest BCUT2D eigenvalue weighted by Crippen LogP contribution is -2.15. The van der Waals surface area contributed by atoms with E-state index in [4.69, 9.17) is 14.6 Å². The molecule has 1 rings (SSSR count). The number of primary sulfonamides is 1. The van der Waals surface area contributed by atoms with Gasteiger partial charge in [0.15, 0.2) is 0 Å². The molecule has 1 aromatic carbocycles. The van der Waals surface area contributed by atoms with Gasteiger partial charge in [-0.2, -0.15) is 0 Å². The summed E-state index contributed by atoms with van der Waals surface area (Å²) >= 11 is 0. The largest absolute Gasteiger partial charge is 0.490 e. The number of sulfonamides is 1. The highest BCUT2D eigenvalue weighted by molar-refractivity contribution is 7.89. The Morgan fingerprint density at radius 3 is 2.50 bits per heavy atom. The van der Waals surface area contributed by atoms with E-state index in [1.54, 1.807) is 19.1 Å².